The molecule has 2 aromatic rings. The maximum atomic E-state index is 11.5. The molecule has 0 fully saturated rings. The van der Waals surface area contributed by atoms with Crippen LogP contribution in [0.1, 0.15) is 21.5 Å². The third-order valence-electron chi connectivity index (χ3n) is 3.00. The maximum Gasteiger partial charge on any atom is 0.265 e. The van der Waals surface area contributed by atoms with Gasteiger partial charge in [0.2, 0.25) is 0 Å². The first-order valence-electron chi connectivity index (χ1n) is 6.19. The van der Waals surface area contributed by atoms with Gasteiger partial charge in [0, 0.05) is 21.9 Å². The summed E-state index contributed by atoms with van der Waals surface area (Å²) in [5.41, 5.74) is 11.7. The minimum absolute atomic E-state index is 0.285. The first kappa shape index (κ1) is 14.4. The van der Waals surface area contributed by atoms with Crippen LogP contribution in [0.25, 0.3) is 0 Å². The number of nitrogens with one attached hydrogen (secondary N) is 1. The van der Waals surface area contributed by atoms with Crippen molar-refractivity contribution in [3.63, 3.8) is 0 Å². The van der Waals surface area contributed by atoms with E-state index in [4.69, 9.17) is 11.6 Å². The fourth-order valence-electron chi connectivity index (χ4n) is 1.83. The van der Waals surface area contributed by atoms with Gasteiger partial charge in [-0.1, -0.05) is 24.3 Å². The van der Waals surface area contributed by atoms with Crippen LogP contribution in [0, 0.1) is 6.92 Å². The fraction of sp³-hybridized carbons (Fsp3) is 0.133. The van der Waals surface area contributed by atoms with Gasteiger partial charge in [0.25, 0.3) is 5.91 Å². The number of benzene rings is 2. The topological polar surface area (TPSA) is 81.1 Å². The number of hydrogen-bond acceptors (Lipinski definition) is 4. The normalized spacial score (nSPS) is 10.3. The molecule has 0 spiro atoms. The van der Waals surface area contributed by atoms with Crippen molar-refractivity contribution < 1.29 is 4.79 Å². The third-order valence-corrected chi connectivity index (χ3v) is 4.14. The van der Waals surface area contributed by atoms with Gasteiger partial charge in [-0.2, -0.15) is 0 Å². The lowest BCUT2D eigenvalue weighted by Gasteiger charge is -2.08. The monoisotopic (exact) mass is 287 g/mol. The second-order valence-electron chi connectivity index (χ2n) is 4.45. The minimum atomic E-state index is -0.285. The van der Waals surface area contributed by atoms with E-state index in [-0.39, 0.29) is 5.91 Å². The Balaban J connectivity index is 2.11. The molecule has 2 rings (SSSR count). The van der Waals surface area contributed by atoms with E-state index in [0.717, 1.165) is 27.5 Å². The Morgan fingerprint density at radius 2 is 2.00 bits per heavy atom. The van der Waals surface area contributed by atoms with Gasteiger partial charge >= 0.3 is 0 Å². The molecule has 5 N–H and O–H groups in total. The molecule has 0 aliphatic rings. The van der Waals surface area contributed by atoms with Crippen LogP contribution in [0.15, 0.2) is 47.4 Å². The molecular weight excluding hydrogens is 270 g/mol. The zero-order chi connectivity index (χ0) is 14.5. The molecule has 0 atom stereocenters. The van der Waals surface area contributed by atoms with Crippen LogP contribution in [-0.4, -0.2) is 5.91 Å². The van der Waals surface area contributed by atoms with E-state index < -0.39 is 0 Å². The number of carbonyl (C=O) groups excluding carboxylic acids is 1. The molecule has 0 unspecified atom stereocenters. The van der Waals surface area contributed by atoms with Gasteiger partial charge in [-0.3, -0.25) is 10.2 Å². The first-order valence-corrected chi connectivity index (χ1v) is 7.18. The molecule has 2 aromatic carbocycles. The molecule has 0 heterocycles. The summed E-state index contributed by atoms with van der Waals surface area (Å²) in [7, 11) is 0. The number of anilines is 1. The predicted molar refractivity (Wildman–Crippen MR) is 83.2 cm³/mol. The number of carbonyl (C=O) groups is 1. The predicted octanol–water partition coefficient (Wildman–Crippen LogP) is 2.47. The summed E-state index contributed by atoms with van der Waals surface area (Å²) in [5, 5.41) is 0. The van der Waals surface area contributed by atoms with Gasteiger partial charge in [0.05, 0.1) is 0 Å². The van der Waals surface area contributed by atoms with Crippen molar-refractivity contribution in [1.29, 1.82) is 0 Å². The molecule has 0 bridgehead atoms. The first-order chi connectivity index (χ1) is 9.61. The van der Waals surface area contributed by atoms with Crippen LogP contribution in [-0.2, 0) is 5.75 Å². The number of hydrazine groups is 1. The molecule has 1 amide bonds. The van der Waals surface area contributed by atoms with E-state index in [1.165, 1.54) is 0 Å². The molecule has 0 saturated heterocycles. The van der Waals surface area contributed by atoms with E-state index in [1.54, 1.807) is 17.8 Å². The van der Waals surface area contributed by atoms with E-state index in [2.05, 4.69) is 5.43 Å². The standard InChI is InChI=1S/C15H17N3OS/c1-10-4-2-7-13(14(10)16)20-9-11-5-3-6-12(8-11)15(19)18-17/h2-8H,9,16-17H2,1H3,(H,18,19). The van der Waals surface area contributed by atoms with E-state index in [1.807, 2.05) is 43.3 Å². The van der Waals surface area contributed by atoms with E-state index in [0.29, 0.717) is 5.56 Å². The smallest absolute Gasteiger partial charge is 0.265 e. The quantitative estimate of drug-likeness (QED) is 0.265. The van der Waals surface area contributed by atoms with Crippen molar-refractivity contribution in [2.45, 2.75) is 17.6 Å². The molecule has 4 nitrogen and oxygen atoms in total. The number of rotatable bonds is 4. The second kappa shape index (κ2) is 6.45. The van der Waals surface area contributed by atoms with Crippen molar-refractivity contribution in [2.24, 2.45) is 5.84 Å². The lowest BCUT2D eigenvalue weighted by Crippen LogP contribution is -2.29. The zero-order valence-electron chi connectivity index (χ0n) is 11.2. The Labute approximate surface area is 122 Å². The van der Waals surface area contributed by atoms with Gasteiger partial charge < -0.3 is 5.73 Å². The van der Waals surface area contributed by atoms with E-state index >= 15 is 0 Å². The molecule has 0 aromatic heterocycles. The lowest BCUT2D eigenvalue weighted by atomic mass is 10.1. The van der Waals surface area contributed by atoms with Gasteiger partial charge in [0.1, 0.15) is 0 Å². The van der Waals surface area contributed by atoms with Crippen molar-refractivity contribution in [1.82, 2.24) is 5.43 Å². The highest BCUT2D eigenvalue weighted by molar-refractivity contribution is 7.98. The van der Waals surface area contributed by atoms with Gasteiger partial charge in [-0.25, -0.2) is 5.84 Å². The van der Waals surface area contributed by atoms with Crippen molar-refractivity contribution in [3.8, 4) is 0 Å². The molecule has 0 aliphatic heterocycles. The average Bonchev–Trinajstić information content (AvgIpc) is 2.48. The largest absolute Gasteiger partial charge is 0.398 e. The Morgan fingerprint density at radius 1 is 1.25 bits per heavy atom. The number of aryl methyl sites for hydroxylation is 1. The summed E-state index contributed by atoms with van der Waals surface area (Å²) in [4.78, 5) is 12.5. The number of thioether (sulfide) groups is 1. The van der Waals surface area contributed by atoms with Crippen LogP contribution in [0.2, 0.25) is 0 Å². The highest BCUT2D eigenvalue weighted by Gasteiger charge is 2.06. The Hall–Kier alpha value is -1.98. The Bertz CT molecular complexity index is 628. The summed E-state index contributed by atoms with van der Waals surface area (Å²) in [6.45, 7) is 1.99. The minimum Gasteiger partial charge on any atom is -0.398 e. The summed E-state index contributed by atoms with van der Waals surface area (Å²) >= 11 is 1.65. The maximum absolute atomic E-state index is 11.5. The Morgan fingerprint density at radius 3 is 2.75 bits per heavy atom. The number of amides is 1. The highest BCUT2D eigenvalue weighted by atomic mass is 32.2. The summed E-state index contributed by atoms with van der Waals surface area (Å²) in [6.07, 6.45) is 0. The average molecular weight is 287 g/mol. The molecule has 0 aliphatic carbocycles. The van der Waals surface area contributed by atoms with Crippen LogP contribution in [0.4, 0.5) is 5.69 Å². The van der Waals surface area contributed by atoms with Gasteiger partial charge in [-0.05, 0) is 36.2 Å². The molecule has 0 saturated carbocycles. The molecule has 104 valence electrons. The highest BCUT2D eigenvalue weighted by Crippen LogP contribution is 2.30. The van der Waals surface area contributed by atoms with Crippen LogP contribution < -0.4 is 17.0 Å². The molecular formula is C15H17N3OS. The van der Waals surface area contributed by atoms with Crippen LogP contribution in [0.5, 0.6) is 0 Å². The molecule has 0 radical (unpaired) electrons. The molecule has 20 heavy (non-hydrogen) atoms. The molecule has 5 heteroatoms. The van der Waals surface area contributed by atoms with Crippen molar-refractivity contribution in [2.75, 3.05) is 5.73 Å². The number of hydrogen-bond donors (Lipinski definition) is 3. The number of nitrogens with two attached hydrogens (primary N) is 2. The lowest BCUT2D eigenvalue weighted by molar-refractivity contribution is 0.0953. The van der Waals surface area contributed by atoms with Crippen molar-refractivity contribution >= 4 is 23.4 Å². The summed E-state index contributed by atoms with van der Waals surface area (Å²) in [5.74, 6) is 5.60. The SMILES string of the molecule is Cc1cccc(SCc2cccc(C(=O)NN)c2)c1N. The van der Waals surface area contributed by atoms with Crippen LogP contribution >= 0.6 is 11.8 Å². The summed E-state index contributed by atoms with van der Waals surface area (Å²) in [6, 6.07) is 13.4. The third kappa shape index (κ3) is 3.31. The van der Waals surface area contributed by atoms with Gasteiger partial charge in [0.15, 0.2) is 0 Å². The number of nitrogen functional groups attached to an aromatic ring is 2. The second-order valence-corrected chi connectivity index (χ2v) is 5.47. The van der Waals surface area contributed by atoms with Crippen LogP contribution in [0.3, 0.4) is 0 Å². The van der Waals surface area contributed by atoms with Crippen molar-refractivity contribution in [3.05, 3.63) is 59.2 Å². The Kier molecular flexibility index (Phi) is 4.65. The zero-order valence-corrected chi connectivity index (χ0v) is 12.0. The summed E-state index contributed by atoms with van der Waals surface area (Å²) < 4.78 is 0. The fourth-order valence-corrected chi connectivity index (χ4v) is 2.82. The number of para-hydroxylation sites is 1. The van der Waals surface area contributed by atoms with Gasteiger partial charge in [-0.15, -0.1) is 11.8 Å². The van der Waals surface area contributed by atoms with E-state index in [9.17, 15) is 4.79 Å².